The SMILES string of the molecule is CC(=O)C1CCN(c2nc(-c3ccnc(Cl)c3)cc3cnccc23)CC1.CCCC1CCN(C(=O)OC(C)(C)C)C1. The smallest absolute Gasteiger partial charge is 0.410 e. The Morgan fingerprint density at radius 2 is 1.83 bits per heavy atom. The maximum absolute atomic E-state index is 11.7. The van der Waals surface area contributed by atoms with Crippen LogP contribution in [0.3, 0.4) is 0 Å². The van der Waals surface area contributed by atoms with Crippen molar-refractivity contribution in [3.63, 3.8) is 0 Å². The molecule has 3 aromatic rings. The van der Waals surface area contributed by atoms with E-state index in [1.54, 1.807) is 19.3 Å². The number of Topliss-reactive ketones (excluding diaryl/α,β-unsaturated/α-hetero) is 1. The number of nitrogens with zero attached hydrogens (tertiary/aromatic N) is 5. The second kappa shape index (κ2) is 13.6. The largest absolute Gasteiger partial charge is 0.444 e. The molecule has 0 saturated carbocycles. The zero-order valence-electron chi connectivity index (χ0n) is 24.9. The molecule has 1 amide bonds. The maximum atomic E-state index is 11.7. The third-order valence-corrected chi connectivity index (χ3v) is 7.84. The monoisotopic (exact) mass is 579 g/mol. The Hall–Kier alpha value is -3.26. The van der Waals surface area contributed by atoms with E-state index in [0.717, 1.165) is 73.3 Å². The van der Waals surface area contributed by atoms with E-state index >= 15 is 0 Å². The van der Waals surface area contributed by atoms with E-state index in [2.05, 4.69) is 21.8 Å². The van der Waals surface area contributed by atoms with Gasteiger partial charge < -0.3 is 14.5 Å². The summed E-state index contributed by atoms with van der Waals surface area (Å²) in [5.41, 5.74) is 1.40. The molecule has 2 saturated heterocycles. The number of amides is 1. The lowest BCUT2D eigenvalue weighted by molar-refractivity contribution is -0.121. The highest BCUT2D eigenvalue weighted by Crippen LogP contribution is 2.32. The van der Waals surface area contributed by atoms with E-state index in [-0.39, 0.29) is 23.4 Å². The number of anilines is 1. The molecule has 0 spiro atoms. The van der Waals surface area contributed by atoms with Crippen molar-refractivity contribution in [3.05, 3.63) is 48.0 Å². The molecule has 2 fully saturated rings. The number of carbonyl (C=O) groups excluding carboxylic acids is 2. The van der Waals surface area contributed by atoms with Gasteiger partial charge in [-0.25, -0.2) is 14.8 Å². The Kier molecular flexibility index (Phi) is 10.2. The predicted octanol–water partition coefficient (Wildman–Crippen LogP) is 7.19. The summed E-state index contributed by atoms with van der Waals surface area (Å²) in [5.74, 6) is 2.07. The third-order valence-electron chi connectivity index (χ3n) is 7.64. The topological polar surface area (TPSA) is 88.5 Å². The molecule has 0 radical (unpaired) electrons. The zero-order chi connectivity index (χ0) is 29.6. The molecule has 0 N–H and O–H groups in total. The lowest BCUT2D eigenvalue weighted by Gasteiger charge is -2.32. The first-order valence-corrected chi connectivity index (χ1v) is 15.0. The minimum absolute atomic E-state index is 0.152. The summed E-state index contributed by atoms with van der Waals surface area (Å²) >= 11 is 6.05. The van der Waals surface area contributed by atoms with Gasteiger partial charge in [0.1, 0.15) is 22.4 Å². The molecule has 0 bridgehead atoms. The van der Waals surface area contributed by atoms with Gasteiger partial charge in [-0.15, -0.1) is 0 Å². The van der Waals surface area contributed by atoms with Gasteiger partial charge in [0.25, 0.3) is 0 Å². The summed E-state index contributed by atoms with van der Waals surface area (Å²) in [4.78, 5) is 40.7. The molecule has 8 nitrogen and oxygen atoms in total. The molecule has 0 aliphatic carbocycles. The quantitative estimate of drug-likeness (QED) is 0.295. The van der Waals surface area contributed by atoms with E-state index < -0.39 is 0 Å². The Bertz CT molecular complexity index is 1350. The molecular formula is C32H42ClN5O3. The van der Waals surface area contributed by atoms with Crippen molar-refractivity contribution < 1.29 is 14.3 Å². The fourth-order valence-electron chi connectivity index (χ4n) is 5.50. The van der Waals surface area contributed by atoms with Crippen LogP contribution in [0.2, 0.25) is 5.15 Å². The summed E-state index contributed by atoms with van der Waals surface area (Å²) < 4.78 is 5.34. The molecule has 220 valence electrons. The lowest BCUT2D eigenvalue weighted by atomic mass is 9.93. The van der Waals surface area contributed by atoms with Gasteiger partial charge in [0.15, 0.2) is 0 Å². The Labute approximate surface area is 248 Å². The normalized spacial score (nSPS) is 17.8. The molecule has 0 aromatic carbocycles. The standard InChI is InChI=1S/C20H19ClN4O.C12H23NO2/c1-13(26)14-4-8-25(9-5-14)20-17-3-6-22-12-16(17)10-18(24-20)15-2-7-23-19(21)11-15;1-5-6-10-7-8-13(9-10)11(14)15-12(2,3)4/h2-3,6-7,10-12,14H,4-5,8-9H2,1H3;10H,5-9H2,1-4H3. The number of carbonyl (C=O) groups is 2. The summed E-state index contributed by atoms with van der Waals surface area (Å²) in [6.07, 6.45) is 10.5. The Morgan fingerprint density at radius 3 is 2.49 bits per heavy atom. The lowest BCUT2D eigenvalue weighted by Crippen LogP contribution is -2.36. The van der Waals surface area contributed by atoms with Crippen LogP contribution < -0.4 is 4.90 Å². The first-order valence-electron chi connectivity index (χ1n) is 14.6. The van der Waals surface area contributed by atoms with E-state index in [1.165, 1.54) is 12.8 Å². The van der Waals surface area contributed by atoms with Crippen LogP contribution >= 0.6 is 11.6 Å². The van der Waals surface area contributed by atoms with Crippen LogP contribution in [-0.2, 0) is 9.53 Å². The number of ether oxygens (including phenoxy) is 1. The number of fused-ring (bicyclic) bond motifs is 1. The maximum Gasteiger partial charge on any atom is 0.410 e. The number of pyridine rings is 3. The fraction of sp³-hybridized carbons (Fsp3) is 0.531. The Morgan fingerprint density at radius 1 is 1.07 bits per heavy atom. The van der Waals surface area contributed by atoms with Gasteiger partial charge in [-0.2, -0.15) is 0 Å². The zero-order valence-corrected chi connectivity index (χ0v) is 25.7. The van der Waals surface area contributed by atoms with Gasteiger partial charge in [0, 0.05) is 67.0 Å². The summed E-state index contributed by atoms with van der Waals surface area (Å²) in [7, 11) is 0. The van der Waals surface area contributed by atoms with Crippen molar-refractivity contribution in [3.8, 4) is 11.3 Å². The van der Waals surface area contributed by atoms with Gasteiger partial charge in [0.2, 0.25) is 0 Å². The van der Waals surface area contributed by atoms with Gasteiger partial charge in [-0.3, -0.25) is 9.78 Å². The van der Waals surface area contributed by atoms with E-state index in [4.69, 9.17) is 21.3 Å². The molecule has 3 aromatic heterocycles. The van der Waals surface area contributed by atoms with Crippen LogP contribution in [0.1, 0.15) is 66.7 Å². The van der Waals surface area contributed by atoms with Crippen LogP contribution in [0.5, 0.6) is 0 Å². The number of likely N-dealkylation sites (tertiary alicyclic amines) is 1. The molecular weight excluding hydrogens is 538 g/mol. The third kappa shape index (κ3) is 8.38. The van der Waals surface area contributed by atoms with Gasteiger partial charge in [-0.1, -0.05) is 24.9 Å². The van der Waals surface area contributed by atoms with Crippen molar-refractivity contribution in [1.82, 2.24) is 19.9 Å². The average molecular weight is 580 g/mol. The molecule has 1 unspecified atom stereocenters. The molecule has 9 heteroatoms. The number of halogens is 1. The highest BCUT2D eigenvalue weighted by molar-refractivity contribution is 6.29. The van der Waals surface area contributed by atoms with Crippen molar-refractivity contribution in [2.75, 3.05) is 31.1 Å². The molecule has 2 aliphatic heterocycles. The Balaban J connectivity index is 0.000000221. The summed E-state index contributed by atoms with van der Waals surface area (Å²) in [6, 6.07) is 7.75. The summed E-state index contributed by atoms with van der Waals surface area (Å²) in [5, 5.41) is 2.55. The van der Waals surface area contributed by atoms with E-state index in [0.29, 0.717) is 11.1 Å². The average Bonchev–Trinajstić information content (AvgIpc) is 3.41. The number of rotatable bonds is 5. The minimum Gasteiger partial charge on any atom is -0.444 e. The van der Waals surface area contributed by atoms with E-state index in [1.807, 2.05) is 56.1 Å². The minimum atomic E-state index is -0.375. The second-order valence-electron chi connectivity index (χ2n) is 12.0. The number of hydrogen-bond acceptors (Lipinski definition) is 7. The highest BCUT2D eigenvalue weighted by Gasteiger charge is 2.29. The molecule has 2 aliphatic rings. The van der Waals surface area contributed by atoms with Crippen LogP contribution in [0.25, 0.3) is 22.0 Å². The van der Waals surface area contributed by atoms with Crippen LogP contribution in [0, 0.1) is 11.8 Å². The van der Waals surface area contributed by atoms with Crippen molar-refractivity contribution in [2.45, 2.75) is 72.3 Å². The van der Waals surface area contributed by atoms with Gasteiger partial charge in [0.05, 0.1) is 5.69 Å². The van der Waals surface area contributed by atoms with Crippen LogP contribution in [0.4, 0.5) is 10.6 Å². The second-order valence-corrected chi connectivity index (χ2v) is 12.4. The van der Waals surface area contributed by atoms with Crippen LogP contribution in [-0.4, -0.2) is 63.5 Å². The van der Waals surface area contributed by atoms with Crippen molar-refractivity contribution in [1.29, 1.82) is 0 Å². The number of ketones is 1. The molecule has 5 heterocycles. The number of piperidine rings is 1. The fourth-order valence-corrected chi connectivity index (χ4v) is 5.67. The number of aromatic nitrogens is 3. The molecule has 1 atom stereocenters. The predicted molar refractivity (Wildman–Crippen MR) is 164 cm³/mol. The van der Waals surface area contributed by atoms with Crippen LogP contribution in [0.15, 0.2) is 42.9 Å². The van der Waals surface area contributed by atoms with Gasteiger partial charge in [-0.05, 0) is 83.6 Å². The highest BCUT2D eigenvalue weighted by atomic mass is 35.5. The first kappa shape index (κ1) is 30.7. The van der Waals surface area contributed by atoms with Crippen molar-refractivity contribution in [2.24, 2.45) is 11.8 Å². The first-order chi connectivity index (χ1) is 19.5. The number of hydrogen-bond donors (Lipinski definition) is 0. The molecule has 5 rings (SSSR count). The van der Waals surface area contributed by atoms with Gasteiger partial charge >= 0.3 is 6.09 Å². The van der Waals surface area contributed by atoms with E-state index in [9.17, 15) is 9.59 Å². The van der Waals surface area contributed by atoms with Crippen molar-refractivity contribution >= 4 is 40.1 Å². The molecule has 41 heavy (non-hydrogen) atoms. The summed E-state index contributed by atoms with van der Waals surface area (Å²) in [6.45, 7) is 13.0.